The molecule has 12 heterocycles. The third-order valence-corrected chi connectivity index (χ3v) is 32.5. The fourth-order valence-corrected chi connectivity index (χ4v) is 25.6. The molecule has 0 saturated carbocycles. The van der Waals surface area contributed by atoms with Crippen molar-refractivity contribution in [1.29, 1.82) is 0 Å². The number of amides is 6. The molecule has 6 aromatic heterocycles. The Morgan fingerprint density at radius 2 is 0.705 bits per heavy atom. The molecule has 0 aliphatic carbocycles. The van der Waals surface area contributed by atoms with Gasteiger partial charge in [-0.1, -0.05) is 34.1 Å². The van der Waals surface area contributed by atoms with Crippen molar-refractivity contribution in [3.8, 4) is 17.6 Å². The molecule has 48 nitrogen and oxygen atoms in total. The zero-order valence-electron chi connectivity index (χ0n) is 72.5. The summed E-state index contributed by atoms with van der Waals surface area (Å²) in [6.45, 7) is 9.63. The lowest BCUT2D eigenvalue weighted by Crippen LogP contribution is -2.41. The number of nitrogens with zero attached hydrogens (tertiary/aromatic N) is 12. The zero-order valence-corrected chi connectivity index (χ0v) is 77.7. The minimum absolute atomic E-state index is 0.0877. The Kier molecular flexibility index (Phi) is 33.7. The van der Waals surface area contributed by atoms with E-state index < -0.39 is 220 Å². The number of aromatic nitrogens is 12. The number of hydrogen-bond acceptors (Lipinski definition) is 42. The minimum Gasteiger partial charge on any atom is -0.476 e. The van der Waals surface area contributed by atoms with Gasteiger partial charge in [0.2, 0.25) is 70.9 Å². The molecule has 6 aliphatic heterocycles. The van der Waals surface area contributed by atoms with Gasteiger partial charge in [0, 0.05) is 36.5 Å². The van der Waals surface area contributed by atoms with Crippen LogP contribution in [-0.2, 0) is 98.8 Å². The number of esters is 3. The van der Waals surface area contributed by atoms with E-state index in [0.29, 0.717) is 34.1 Å². The monoisotopic (exact) mass is 1940 g/mol. The molecule has 15 N–H and O–H groups in total. The Balaban J connectivity index is 0.000000201. The SMILES string of the molecule is CCOc1nc(N)nc2c1ncn2C1O[C@H](COP(=O)(N[C@@H](C)C(=O)OC(C)C)SCC2CC(=O)NC2=O)[C@@H](O)[C@@]1(C)F.CCOc1nc(N)nc2c1ncn2C1O[C@H](CO[P@@](=O)(N[C@@H](C)C(=O)OC(C)C)SCC2CC(=O)NC2=O)[C@@H](O)[C@@]1(C)F.CCOc1nc(N)nc2c1ncn2C1O[C@H](CO[P@](=O)(N[C@@H](C)C(=O)OC(C)C)SCC2CC(=O)NC2=O)[C@@H](O)[C@@]1(C)F. The fourth-order valence-electron chi connectivity index (χ4n) is 13.5. The number of carbonyl (C=O) groups is 9. The molecule has 714 valence electrons. The maximum atomic E-state index is 16.0. The van der Waals surface area contributed by atoms with Crippen LogP contribution in [0.15, 0.2) is 19.0 Å². The van der Waals surface area contributed by atoms with Crippen LogP contribution in [0.1, 0.15) is 142 Å². The molecule has 6 aromatic rings. The molecule has 0 aromatic carbocycles. The third kappa shape index (κ3) is 24.6. The highest BCUT2D eigenvalue weighted by atomic mass is 32.7. The van der Waals surface area contributed by atoms with Gasteiger partial charge in [-0.15, -0.1) is 0 Å². The fraction of sp³-hybridized carbons (Fsp3) is 0.667. The summed E-state index contributed by atoms with van der Waals surface area (Å²) in [5, 5.41) is 47.1. The van der Waals surface area contributed by atoms with Crippen LogP contribution in [0.3, 0.4) is 0 Å². The molecule has 0 spiro atoms. The number of ether oxygens (including phenoxy) is 9. The van der Waals surface area contributed by atoms with Gasteiger partial charge in [-0.25, -0.2) is 43.4 Å². The van der Waals surface area contributed by atoms with Crippen LogP contribution in [0, 0.1) is 17.8 Å². The van der Waals surface area contributed by atoms with Crippen LogP contribution in [0.25, 0.3) is 33.5 Å². The Hall–Kier alpha value is -8.67. The molecule has 7 unspecified atom stereocenters. The summed E-state index contributed by atoms with van der Waals surface area (Å²) in [4.78, 5) is 145. The summed E-state index contributed by atoms with van der Waals surface area (Å²) in [6, 6.07) is -3.30. The Morgan fingerprint density at radius 1 is 0.465 bits per heavy atom. The van der Waals surface area contributed by atoms with E-state index in [-0.39, 0.29) is 125 Å². The molecule has 57 heteroatoms. The first kappa shape index (κ1) is 102. The predicted octanol–water partition coefficient (Wildman–Crippen LogP) is 3.73. The topological polar surface area (TPSA) is 657 Å². The van der Waals surface area contributed by atoms with E-state index in [1.165, 1.54) is 53.5 Å². The number of imide groups is 3. The summed E-state index contributed by atoms with van der Waals surface area (Å²) in [6.07, 6.45) is -11.6. The number of nitrogen functional groups attached to an aromatic ring is 3. The average molecular weight is 1940 g/mol. The van der Waals surface area contributed by atoms with Crippen LogP contribution in [0.5, 0.6) is 17.6 Å². The van der Waals surface area contributed by atoms with Crippen molar-refractivity contribution >= 4 is 159 Å². The molecule has 21 atom stereocenters. The van der Waals surface area contributed by atoms with E-state index in [1.807, 2.05) is 0 Å². The number of anilines is 3. The smallest absolute Gasteiger partial charge is 0.327 e. The lowest BCUT2D eigenvalue weighted by Gasteiger charge is -2.25. The number of alkyl halides is 3. The number of nitrogens with two attached hydrogens (primary N) is 3. The first-order valence-corrected chi connectivity index (χ1v) is 50.2. The molecular weight excluding hydrogens is 1840 g/mol. The number of carbonyl (C=O) groups excluding carboxylic acids is 9. The van der Waals surface area contributed by atoms with Crippen molar-refractivity contribution in [2.45, 2.75) is 232 Å². The molecular formula is C72H105F3N21O27P3S3. The summed E-state index contributed by atoms with van der Waals surface area (Å²) in [5.74, 6) is -7.82. The molecule has 6 fully saturated rings. The van der Waals surface area contributed by atoms with Crippen molar-refractivity contribution in [2.24, 2.45) is 17.8 Å². The van der Waals surface area contributed by atoms with Crippen LogP contribution in [-0.4, -0.2) is 274 Å². The van der Waals surface area contributed by atoms with Gasteiger partial charge in [0.05, 0.1) is 94.7 Å². The molecule has 6 amide bonds. The number of fused-ring (bicyclic) bond motifs is 3. The van der Waals surface area contributed by atoms with E-state index in [4.69, 9.17) is 73.4 Å². The average Bonchev–Trinajstić information content (AvgIpc) is 1.60. The predicted molar refractivity (Wildman–Crippen MR) is 454 cm³/mol. The van der Waals surface area contributed by atoms with Crippen LogP contribution in [0.2, 0.25) is 0 Å². The number of nitrogens with one attached hydrogen (secondary N) is 6. The van der Waals surface area contributed by atoms with Gasteiger partial charge < -0.3 is 88.7 Å². The molecule has 0 bridgehead atoms. The Morgan fingerprint density at radius 3 is 0.915 bits per heavy atom. The Bertz CT molecular complexity index is 4780. The normalized spacial score (nSPS) is 27.8. The minimum atomic E-state index is -4.04. The highest BCUT2D eigenvalue weighted by Crippen LogP contribution is 2.61. The number of rotatable bonds is 39. The summed E-state index contributed by atoms with van der Waals surface area (Å²) >= 11 is 2.08. The van der Waals surface area contributed by atoms with Gasteiger partial charge in [0.1, 0.15) is 54.7 Å². The van der Waals surface area contributed by atoms with Crippen molar-refractivity contribution in [3.63, 3.8) is 0 Å². The van der Waals surface area contributed by atoms with E-state index in [9.17, 15) is 72.2 Å². The number of halogens is 3. The second-order valence-electron chi connectivity index (χ2n) is 31.5. The van der Waals surface area contributed by atoms with Gasteiger partial charge >= 0.3 is 38.1 Å². The van der Waals surface area contributed by atoms with Crippen molar-refractivity contribution < 1.29 is 142 Å². The van der Waals surface area contributed by atoms with Gasteiger partial charge in [-0.2, -0.15) is 29.9 Å². The van der Waals surface area contributed by atoms with Gasteiger partial charge in [0.25, 0.3) is 0 Å². The molecule has 129 heavy (non-hydrogen) atoms. The van der Waals surface area contributed by atoms with Crippen LogP contribution < -0.4 is 62.6 Å². The largest absolute Gasteiger partial charge is 0.476 e. The number of imidazole rings is 3. The lowest BCUT2D eigenvalue weighted by molar-refractivity contribution is -0.149. The maximum absolute atomic E-state index is 16.0. The van der Waals surface area contributed by atoms with E-state index >= 15 is 13.2 Å². The number of aliphatic hydroxyl groups is 3. The van der Waals surface area contributed by atoms with Gasteiger partial charge in [0.15, 0.2) is 69.2 Å². The first-order chi connectivity index (χ1) is 60.4. The van der Waals surface area contributed by atoms with Gasteiger partial charge in [-0.05, 0) is 104 Å². The zero-order chi connectivity index (χ0) is 95.1. The van der Waals surface area contributed by atoms with E-state index in [2.05, 4.69) is 76.1 Å². The number of hydrogen-bond donors (Lipinski definition) is 12. The Labute approximate surface area is 747 Å². The van der Waals surface area contributed by atoms with Crippen LogP contribution >= 0.6 is 54.3 Å². The second-order valence-corrected chi connectivity index (χ2v) is 44.5. The molecule has 12 rings (SSSR count). The molecule has 6 saturated heterocycles. The van der Waals surface area contributed by atoms with E-state index in [0.717, 1.165) is 20.8 Å². The van der Waals surface area contributed by atoms with Gasteiger partial charge in [-0.3, -0.25) is 86.5 Å². The second kappa shape index (κ2) is 42.5. The summed E-state index contributed by atoms with van der Waals surface area (Å²) in [7, 11) is 0. The van der Waals surface area contributed by atoms with Crippen molar-refractivity contribution in [2.75, 3.05) is 74.1 Å². The highest BCUT2D eigenvalue weighted by molar-refractivity contribution is 8.56. The molecule has 6 aliphatic rings. The third-order valence-electron chi connectivity index (χ3n) is 19.9. The van der Waals surface area contributed by atoms with Crippen molar-refractivity contribution in [3.05, 3.63) is 19.0 Å². The first-order valence-electron chi connectivity index (χ1n) is 40.5. The maximum Gasteiger partial charge on any atom is 0.327 e. The standard InChI is InChI=1S/3C24H35FN7O9PS/c3*1-6-38-20-16-18(29-23(26)30-20)32(10-27-16)22-24(5,25)17(34)14(41-22)8-39-42(37,31-12(4)21(36)40-11(2)3)43-9-13-7-15(33)28-19(13)35/h3*10-14,17,22,34H,6-9H2,1-5H3,(H,31,37)(H2,26,29,30)(H,28,33,35)/t12-,13?,14+,17+,22?,24+,42?;12-,13?,14+,17+,22?,24+,42+;12-,13?,14+,17+,22?,24+,42-/m000/s1. The summed E-state index contributed by atoms with van der Waals surface area (Å²) in [5.41, 5.74) is 11.1. The highest BCUT2D eigenvalue weighted by Gasteiger charge is 2.59. The lowest BCUT2D eigenvalue weighted by atomic mass is 9.98. The molecule has 0 radical (unpaired) electrons. The van der Waals surface area contributed by atoms with E-state index in [1.54, 1.807) is 62.3 Å². The van der Waals surface area contributed by atoms with Crippen LogP contribution in [0.4, 0.5) is 31.0 Å². The number of aliphatic hydroxyl groups excluding tert-OH is 3. The van der Waals surface area contributed by atoms with Crippen molar-refractivity contribution in [1.82, 2.24) is 89.8 Å². The summed E-state index contributed by atoms with van der Waals surface area (Å²) < 4.78 is 160. The quantitative estimate of drug-likeness (QED) is 0.0113.